The fraction of sp³-hybridized carbons (Fsp3) is 0.118. The number of rotatable bonds is 3. The topological polar surface area (TPSA) is 161 Å². The Bertz CT molecular complexity index is 1320. The minimum Gasteiger partial charge on any atom is -0.478 e. The zero-order valence-electron chi connectivity index (χ0n) is 15.7. The SMILES string of the molecule is NS(=O)(=O)c1ccc(-c2cc(Cl)cc3c2OC(C(F)(F)F)C(C(=O)O)=C3)cc1.O=S(=O)(O)Cl. The molecule has 0 amide bonds. The highest BCUT2D eigenvalue weighted by Gasteiger charge is 2.48. The average molecular weight is 550 g/mol. The van der Waals surface area contributed by atoms with Crippen molar-refractivity contribution in [2.45, 2.75) is 17.2 Å². The monoisotopic (exact) mass is 549 g/mol. The van der Waals surface area contributed by atoms with E-state index in [1.54, 1.807) is 0 Å². The fourth-order valence-electron chi connectivity index (χ4n) is 2.73. The molecule has 1 atom stereocenters. The highest BCUT2D eigenvalue weighted by atomic mass is 35.7. The summed E-state index contributed by atoms with van der Waals surface area (Å²) in [5, 5.41) is 14.3. The largest absolute Gasteiger partial charge is 0.478 e. The third kappa shape index (κ3) is 7.31. The van der Waals surface area contributed by atoms with Gasteiger partial charge in [0.25, 0.3) is 0 Å². The first kappa shape index (κ1) is 26.9. The molecule has 16 heteroatoms. The molecule has 0 spiro atoms. The summed E-state index contributed by atoms with van der Waals surface area (Å²) >= 11 is 6.02. The normalized spacial score (nSPS) is 16.0. The van der Waals surface area contributed by atoms with Gasteiger partial charge in [0.05, 0.1) is 10.5 Å². The molecule has 0 bridgehead atoms. The van der Waals surface area contributed by atoms with Crippen LogP contribution in [-0.4, -0.2) is 44.7 Å². The van der Waals surface area contributed by atoms with E-state index < -0.39 is 43.2 Å². The van der Waals surface area contributed by atoms with E-state index in [9.17, 15) is 26.4 Å². The molecule has 2 aromatic rings. The van der Waals surface area contributed by atoms with Crippen LogP contribution >= 0.6 is 22.3 Å². The molecule has 180 valence electrons. The number of fused-ring (bicyclic) bond motifs is 1. The molecule has 0 aromatic heterocycles. The van der Waals surface area contributed by atoms with Gasteiger partial charge in [0.15, 0.2) is 0 Å². The molecular weight excluding hydrogens is 538 g/mol. The van der Waals surface area contributed by atoms with Gasteiger partial charge in [-0.05, 0) is 35.9 Å². The number of halogens is 5. The van der Waals surface area contributed by atoms with Crippen molar-refractivity contribution < 1.29 is 49.2 Å². The molecule has 4 N–H and O–H groups in total. The van der Waals surface area contributed by atoms with Gasteiger partial charge in [0.2, 0.25) is 16.1 Å². The van der Waals surface area contributed by atoms with Crippen LogP contribution in [0.25, 0.3) is 17.2 Å². The average Bonchev–Trinajstić information content (AvgIpc) is 2.63. The Hall–Kier alpha value is -2.36. The lowest BCUT2D eigenvalue weighted by Crippen LogP contribution is -2.40. The van der Waals surface area contributed by atoms with Crippen molar-refractivity contribution >= 4 is 53.7 Å². The number of sulfonamides is 1. The zero-order chi connectivity index (χ0) is 25.4. The number of hydrogen-bond acceptors (Lipinski definition) is 6. The maximum absolute atomic E-state index is 13.3. The van der Waals surface area contributed by atoms with E-state index in [4.69, 9.17) is 39.6 Å². The second kappa shape index (κ2) is 9.48. The third-order valence-corrected chi connectivity index (χ3v) is 5.10. The molecule has 1 aliphatic heterocycles. The number of primary sulfonamides is 1. The lowest BCUT2D eigenvalue weighted by molar-refractivity contribution is -0.187. The van der Waals surface area contributed by atoms with Gasteiger partial charge in [-0.3, -0.25) is 4.55 Å². The van der Waals surface area contributed by atoms with Crippen LogP contribution < -0.4 is 9.88 Å². The first-order valence-electron chi connectivity index (χ1n) is 8.20. The Morgan fingerprint density at radius 1 is 1.09 bits per heavy atom. The van der Waals surface area contributed by atoms with E-state index in [1.165, 1.54) is 36.4 Å². The summed E-state index contributed by atoms with van der Waals surface area (Å²) < 4.78 is 92.8. The number of hydrogen-bond donors (Lipinski definition) is 3. The first-order chi connectivity index (χ1) is 14.9. The van der Waals surface area contributed by atoms with Crippen LogP contribution in [0.2, 0.25) is 5.02 Å². The number of benzene rings is 2. The highest BCUT2D eigenvalue weighted by Crippen LogP contribution is 2.44. The molecule has 0 saturated heterocycles. The zero-order valence-corrected chi connectivity index (χ0v) is 18.9. The van der Waals surface area contributed by atoms with E-state index >= 15 is 0 Å². The van der Waals surface area contributed by atoms with Gasteiger partial charge in [-0.15, -0.1) is 0 Å². The summed E-state index contributed by atoms with van der Waals surface area (Å²) in [7, 11) is -4.09. The predicted octanol–water partition coefficient (Wildman–Crippen LogP) is 3.47. The number of nitrogens with two attached hydrogens (primary N) is 1. The summed E-state index contributed by atoms with van der Waals surface area (Å²) in [4.78, 5) is 11.1. The maximum Gasteiger partial charge on any atom is 0.430 e. The van der Waals surface area contributed by atoms with Crippen molar-refractivity contribution in [2.24, 2.45) is 5.14 Å². The summed E-state index contributed by atoms with van der Waals surface area (Å²) in [6.07, 6.45) is -6.77. The van der Waals surface area contributed by atoms with E-state index in [0.717, 1.165) is 6.08 Å². The number of carboxylic acids is 1. The standard InChI is InChI=1S/C17H11ClF3NO5S.ClHO3S/c18-10-5-9-6-13(16(23)24)15(17(19,20)21)27-14(9)12(7-10)8-1-3-11(4-2-8)28(22,25)26;1-5(2,3)4/h1-7,15H,(H,23,24)(H2,22,25,26);(H,2,3,4). The quantitative estimate of drug-likeness (QED) is 0.387. The Morgan fingerprint density at radius 2 is 1.61 bits per heavy atom. The van der Waals surface area contributed by atoms with Gasteiger partial charge < -0.3 is 9.84 Å². The highest BCUT2D eigenvalue weighted by molar-refractivity contribution is 8.09. The van der Waals surface area contributed by atoms with E-state index in [0.29, 0.717) is 5.56 Å². The molecule has 1 aliphatic rings. The van der Waals surface area contributed by atoms with Crippen molar-refractivity contribution in [1.29, 1.82) is 0 Å². The number of ether oxygens (including phenoxy) is 1. The summed E-state index contributed by atoms with van der Waals surface area (Å²) in [5.41, 5.74) is -0.480. The van der Waals surface area contributed by atoms with E-state index in [2.05, 4.69) is 10.7 Å². The molecule has 0 fully saturated rings. The Balaban J connectivity index is 0.000000696. The van der Waals surface area contributed by atoms with Gasteiger partial charge in [-0.1, -0.05) is 23.7 Å². The minimum atomic E-state index is -4.96. The Morgan fingerprint density at radius 3 is 2.03 bits per heavy atom. The predicted molar refractivity (Wildman–Crippen MR) is 112 cm³/mol. The fourth-order valence-corrected chi connectivity index (χ4v) is 3.48. The van der Waals surface area contributed by atoms with Gasteiger partial charge in [-0.25, -0.2) is 18.4 Å². The minimum absolute atomic E-state index is 0.0518. The number of aliphatic carboxylic acids is 1. The smallest absolute Gasteiger partial charge is 0.430 e. The lowest BCUT2D eigenvalue weighted by atomic mass is 9.96. The van der Waals surface area contributed by atoms with E-state index in [1.807, 2.05) is 0 Å². The molecule has 2 aromatic carbocycles. The van der Waals surface area contributed by atoms with Gasteiger partial charge in [0, 0.05) is 26.8 Å². The molecule has 1 heterocycles. The molecule has 1 unspecified atom stereocenters. The Labute approximate surface area is 194 Å². The van der Waals surface area contributed by atoms with Crippen LogP contribution in [0.3, 0.4) is 0 Å². The van der Waals surface area contributed by atoms with Gasteiger partial charge in [0.1, 0.15) is 5.75 Å². The second-order valence-electron chi connectivity index (χ2n) is 6.30. The third-order valence-electron chi connectivity index (χ3n) is 3.95. The summed E-state index contributed by atoms with van der Waals surface area (Å²) in [6, 6.07) is 7.62. The summed E-state index contributed by atoms with van der Waals surface area (Å²) in [6.45, 7) is 0. The maximum atomic E-state index is 13.3. The molecule has 0 aliphatic carbocycles. The van der Waals surface area contributed by atoms with Crippen LogP contribution in [0.15, 0.2) is 46.9 Å². The van der Waals surface area contributed by atoms with Crippen molar-refractivity contribution in [1.82, 2.24) is 0 Å². The van der Waals surface area contributed by atoms with Crippen molar-refractivity contribution in [3.05, 3.63) is 52.6 Å². The molecule has 33 heavy (non-hydrogen) atoms. The molecule has 9 nitrogen and oxygen atoms in total. The van der Waals surface area contributed by atoms with Crippen molar-refractivity contribution in [2.75, 3.05) is 0 Å². The van der Waals surface area contributed by atoms with Crippen LogP contribution in [0.1, 0.15) is 5.56 Å². The van der Waals surface area contributed by atoms with Gasteiger partial charge >= 0.3 is 21.5 Å². The molecular formula is C17H12Cl2F3NO8S2. The molecule has 0 saturated carbocycles. The summed E-state index contributed by atoms with van der Waals surface area (Å²) in [5.74, 6) is -1.99. The van der Waals surface area contributed by atoms with Crippen molar-refractivity contribution in [3.8, 4) is 16.9 Å². The lowest BCUT2D eigenvalue weighted by Gasteiger charge is -2.28. The van der Waals surface area contributed by atoms with Crippen LogP contribution in [0.4, 0.5) is 13.2 Å². The van der Waals surface area contributed by atoms with Crippen LogP contribution in [0, 0.1) is 0 Å². The number of carboxylic acid groups (broad SMARTS) is 1. The first-order valence-corrected chi connectivity index (χ1v) is 12.4. The number of alkyl halides is 3. The van der Waals surface area contributed by atoms with Crippen LogP contribution in [0.5, 0.6) is 5.75 Å². The van der Waals surface area contributed by atoms with E-state index in [-0.39, 0.29) is 26.8 Å². The molecule has 0 radical (unpaired) electrons. The van der Waals surface area contributed by atoms with Crippen LogP contribution in [-0.2, 0) is 24.1 Å². The Kier molecular flexibility index (Phi) is 7.72. The number of carbonyl (C=O) groups is 1. The van der Waals surface area contributed by atoms with Crippen molar-refractivity contribution in [3.63, 3.8) is 0 Å². The van der Waals surface area contributed by atoms with Gasteiger partial charge in [-0.2, -0.15) is 21.6 Å². The second-order valence-corrected chi connectivity index (χ2v) is 10.3. The molecule has 3 rings (SSSR count).